The molecule has 0 spiro atoms. The van der Waals surface area contributed by atoms with Crippen LogP contribution in [0.25, 0.3) is 10.2 Å². The highest BCUT2D eigenvalue weighted by atomic mass is 32.1. The lowest BCUT2D eigenvalue weighted by Gasteiger charge is -2.04. The molecule has 0 radical (unpaired) electrons. The number of aryl methyl sites for hydroxylation is 1. The number of ether oxygens (including phenoxy) is 1. The third kappa shape index (κ3) is 2.97. The van der Waals surface area contributed by atoms with Crippen LogP contribution in [-0.2, 0) is 27.3 Å². The summed E-state index contributed by atoms with van der Waals surface area (Å²) in [6.07, 6.45) is 2.78. The second-order valence-corrected chi connectivity index (χ2v) is 6.44. The van der Waals surface area contributed by atoms with Crippen LogP contribution in [0.1, 0.15) is 25.3 Å². The predicted molar refractivity (Wildman–Crippen MR) is 84.5 cm³/mol. The molecule has 2 aromatic rings. The van der Waals surface area contributed by atoms with Crippen LogP contribution in [0, 0.1) is 5.92 Å². The number of carbonyl (C=O) groups excluding carboxylic acids is 2. The average Bonchev–Trinajstić information content (AvgIpc) is 3.32. The van der Waals surface area contributed by atoms with E-state index in [2.05, 4.69) is 18.0 Å². The van der Waals surface area contributed by atoms with E-state index in [1.54, 1.807) is 4.57 Å². The van der Waals surface area contributed by atoms with Crippen LogP contribution in [0.15, 0.2) is 23.2 Å². The van der Waals surface area contributed by atoms with Gasteiger partial charge in [-0.15, -0.1) is 0 Å². The molecule has 0 N–H and O–H groups in total. The van der Waals surface area contributed by atoms with E-state index in [0.717, 1.165) is 29.5 Å². The maximum Gasteiger partial charge on any atom is 0.325 e. The first kappa shape index (κ1) is 15.0. The lowest BCUT2D eigenvalue weighted by Crippen LogP contribution is -2.22. The molecule has 1 aromatic heterocycles. The standard InChI is InChI=1S/C16H18N2O3S/c1-3-10-4-7-12-13(8-10)22-16(17-15(20)11-5-6-11)18(12)9-14(19)21-2/h4,7-8,11H,3,5-6,9H2,1-2H3. The van der Waals surface area contributed by atoms with E-state index in [9.17, 15) is 9.59 Å². The molecule has 1 aromatic carbocycles. The molecular formula is C16H18N2O3S. The molecule has 0 bridgehead atoms. The zero-order chi connectivity index (χ0) is 15.7. The molecule has 116 valence electrons. The van der Waals surface area contributed by atoms with Gasteiger partial charge in [0.2, 0.25) is 0 Å². The first-order valence-electron chi connectivity index (χ1n) is 7.40. The van der Waals surface area contributed by atoms with Crippen molar-refractivity contribution >= 4 is 33.4 Å². The molecule has 1 saturated carbocycles. The summed E-state index contributed by atoms with van der Waals surface area (Å²) in [5, 5.41) is 0. The number of rotatable bonds is 4. The molecule has 0 unspecified atom stereocenters. The first-order valence-corrected chi connectivity index (χ1v) is 8.21. The maximum absolute atomic E-state index is 12.0. The summed E-state index contributed by atoms with van der Waals surface area (Å²) in [5.41, 5.74) is 2.13. The normalized spacial score (nSPS) is 15.3. The molecule has 1 amide bonds. The number of hydrogen-bond donors (Lipinski definition) is 0. The maximum atomic E-state index is 12.0. The fraction of sp³-hybridized carbons (Fsp3) is 0.438. The molecule has 6 heteroatoms. The molecule has 5 nitrogen and oxygen atoms in total. The van der Waals surface area contributed by atoms with Crippen LogP contribution in [0.4, 0.5) is 0 Å². The van der Waals surface area contributed by atoms with E-state index in [0.29, 0.717) is 4.80 Å². The van der Waals surface area contributed by atoms with Crippen molar-refractivity contribution in [2.24, 2.45) is 10.9 Å². The van der Waals surface area contributed by atoms with Crippen molar-refractivity contribution in [1.82, 2.24) is 4.57 Å². The molecule has 1 aliphatic carbocycles. The van der Waals surface area contributed by atoms with Crippen LogP contribution < -0.4 is 4.80 Å². The number of esters is 1. The number of aromatic nitrogens is 1. The largest absolute Gasteiger partial charge is 0.468 e. The van der Waals surface area contributed by atoms with Gasteiger partial charge in [0, 0.05) is 5.92 Å². The summed E-state index contributed by atoms with van der Waals surface area (Å²) in [5.74, 6) is -0.358. The fourth-order valence-corrected chi connectivity index (χ4v) is 3.38. The van der Waals surface area contributed by atoms with Crippen LogP contribution in [0.5, 0.6) is 0 Å². The Bertz CT molecular complexity index is 799. The lowest BCUT2D eigenvalue weighted by atomic mass is 10.2. The van der Waals surface area contributed by atoms with Gasteiger partial charge in [0.05, 0.1) is 17.3 Å². The van der Waals surface area contributed by atoms with Crippen LogP contribution in [0.3, 0.4) is 0 Å². The Morgan fingerprint density at radius 2 is 2.18 bits per heavy atom. The van der Waals surface area contributed by atoms with Crippen molar-refractivity contribution in [3.8, 4) is 0 Å². The fourth-order valence-electron chi connectivity index (χ4n) is 2.29. The van der Waals surface area contributed by atoms with Gasteiger partial charge in [0.15, 0.2) is 4.80 Å². The molecule has 3 rings (SSSR count). The van der Waals surface area contributed by atoms with E-state index in [1.807, 2.05) is 12.1 Å². The van der Waals surface area contributed by atoms with E-state index < -0.39 is 0 Å². The van der Waals surface area contributed by atoms with Crippen molar-refractivity contribution in [2.75, 3.05) is 7.11 Å². The highest BCUT2D eigenvalue weighted by molar-refractivity contribution is 7.16. The molecule has 1 fully saturated rings. The summed E-state index contributed by atoms with van der Waals surface area (Å²) < 4.78 is 7.56. The Morgan fingerprint density at radius 3 is 2.82 bits per heavy atom. The highest BCUT2D eigenvalue weighted by Gasteiger charge is 2.29. The van der Waals surface area contributed by atoms with Crippen LogP contribution in [0.2, 0.25) is 0 Å². The average molecular weight is 318 g/mol. The van der Waals surface area contributed by atoms with Crippen LogP contribution >= 0.6 is 11.3 Å². The minimum Gasteiger partial charge on any atom is -0.468 e. The SMILES string of the molecule is CCc1ccc2c(c1)sc(=NC(=O)C1CC1)n2CC(=O)OC. The van der Waals surface area contributed by atoms with Gasteiger partial charge < -0.3 is 9.30 Å². The minimum absolute atomic E-state index is 0.0682. The van der Waals surface area contributed by atoms with Crippen molar-refractivity contribution in [3.05, 3.63) is 28.6 Å². The van der Waals surface area contributed by atoms with Gasteiger partial charge in [-0.3, -0.25) is 9.59 Å². The third-order valence-corrected chi connectivity index (χ3v) is 4.84. The van der Waals surface area contributed by atoms with Crippen molar-refractivity contribution in [2.45, 2.75) is 32.7 Å². The predicted octanol–water partition coefficient (Wildman–Crippen LogP) is 2.28. The number of amides is 1. The molecule has 1 heterocycles. The Kier molecular flexibility index (Phi) is 4.11. The molecule has 0 aliphatic heterocycles. The lowest BCUT2D eigenvalue weighted by molar-refractivity contribution is -0.141. The van der Waals surface area contributed by atoms with Crippen molar-refractivity contribution in [1.29, 1.82) is 0 Å². The Hall–Kier alpha value is -1.95. The Labute approximate surface area is 132 Å². The molecule has 22 heavy (non-hydrogen) atoms. The van der Waals surface area contributed by atoms with Gasteiger partial charge in [0.25, 0.3) is 5.91 Å². The number of carbonyl (C=O) groups is 2. The zero-order valence-corrected chi connectivity index (χ0v) is 13.5. The van der Waals surface area contributed by atoms with Gasteiger partial charge in [-0.25, -0.2) is 0 Å². The van der Waals surface area contributed by atoms with Gasteiger partial charge in [-0.1, -0.05) is 24.3 Å². The minimum atomic E-state index is -0.348. The third-order valence-electron chi connectivity index (χ3n) is 3.80. The summed E-state index contributed by atoms with van der Waals surface area (Å²) in [6.45, 7) is 2.16. The number of nitrogens with zero attached hydrogens (tertiary/aromatic N) is 2. The molecule has 0 atom stereocenters. The van der Waals surface area contributed by atoms with E-state index in [4.69, 9.17) is 4.74 Å². The molecule has 1 aliphatic rings. The summed E-state index contributed by atoms with van der Waals surface area (Å²) in [4.78, 5) is 28.5. The number of methoxy groups -OCH3 is 1. The molecule has 0 saturated heterocycles. The first-order chi connectivity index (χ1) is 10.6. The van der Waals surface area contributed by atoms with Gasteiger partial charge in [-0.2, -0.15) is 4.99 Å². The summed E-state index contributed by atoms with van der Waals surface area (Å²) in [6, 6.07) is 6.11. The second-order valence-electron chi connectivity index (χ2n) is 5.43. The summed E-state index contributed by atoms with van der Waals surface area (Å²) in [7, 11) is 1.36. The number of hydrogen-bond acceptors (Lipinski definition) is 4. The Balaban J connectivity index is 2.12. The summed E-state index contributed by atoms with van der Waals surface area (Å²) >= 11 is 1.45. The number of fused-ring (bicyclic) bond motifs is 1. The smallest absolute Gasteiger partial charge is 0.325 e. The van der Waals surface area contributed by atoms with E-state index in [1.165, 1.54) is 24.0 Å². The second kappa shape index (κ2) is 6.04. The van der Waals surface area contributed by atoms with Gasteiger partial charge in [0.1, 0.15) is 6.54 Å². The van der Waals surface area contributed by atoms with E-state index >= 15 is 0 Å². The van der Waals surface area contributed by atoms with Crippen molar-refractivity contribution < 1.29 is 14.3 Å². The monoisotopic (exact) mass is 318 g/mol. The number of benzene rings is 1. The Morgan fingerprint density at radius 1 is 1.41 bits per heavy atom. The number of thiazole rings is 1. The van der Waals surface area contributed by atoms with Gasteiger partial charge >= 0.3 is 5.97 Å². The van der Waals surface area contributed by atoms with Gasteiger partial charge in [-0.05, 0) is 37.0 Å². The topological polar surface area (TPSA) is 60.7 Å². The van der Waals surface area contributed by atoms with E-state index in [-0.39, 0.29) is 24.3 Å². The van der Waals surface area contributed by atoms with Crippen LogP contribution in [-0.4, -0.2) is 23.6 Å². The quantitative estimate of drug-likeness (QED) is 0.813. The highest BCUT2D eigenvalue weighted by Crippen LogP contribution is 2.30. The zero-order valence-electron chi connectivity index (χ0n) is 12.7. The van der Waals surface area contributed by atoms with Crippen molar-refractivity contribution in [3.63, 3.8) is 0 Å². The molecular weight excluding hydrogens is 300 g/mol.